The molecule has 0 aromatic heterocycles. The number of carbonyl (C=O) groups is 1. The Morgan fingerprint density at radius 1 is 0.970 bits per heavy atom. The zero-order chi connectivity index (χ0) is 23.1. The fourth-order valence-electron chi connectivity index (χ4n) is 5.17. The van der Waals surface area contributed by atoms with Crippen LogP contribution in [0.2, 0.25) is 10.0 Å². The summed E-state index contributed by atoms with van der Waals surface area (Å²) in [5.74, 6) is 0.269. The molecular weight excluding hydrogens is 457 g/mol. The lowest BCUT2D eigenvalue weighted by atomic mass is 9.74. The number of benzene rings is 3. The van der Waals surface area contributed by atoms with Gasteiger partial charge in [0.1, 0.15) is 5.75 Å². The highest BCUT2D eigenvalue weighted by molar-refractivity contribution is 6.33. The molecule has 0 spiro atoms. The third-order valence-corrected chi connectivity index (χ3v) is 7.43. The van der Waals surface area contributed by atoms with Crippen molar-refractivity contribution in [2.24, 2.45) is 0 Å². The first kappa shape index (κ1) is 22.1. The van der Waals surface area contributed by atoms with Gasteiger partial charge < -0.3 is 20.6 Å². The van der Waals surface area contributed by atoms with Crippen molar-refractivity contribution in [3.05, 3.63) is 86.9 Å². The van der Waals surface area contributed by atoms with E-state index < -0.39 is 0 Å². The van der Waals surface area contributed by atoms with Crippen LogP contribution in [0.5, 0.6) is 5.75 Å². The van der Waals surface area contributed by atoms with E-state index in [1.807, 2.05) is 30.3 Å². The molecule has 1 aliphatic carbocycles. The first-order chi connectivity index (χ1) is 15.9. The number of hydrogen-bond donors (Lipinski definition) is 3. The van der Waals surface area contributed by atoms with Crippen molar-refractivity contribution in [1.82, 2.24) is 4.90 Å². The fraction of sp³-hybridized carbons (Fsp3) is 0.269. The van der Waals surface area contributed by atoms with Gasteiger partial charge in [0.2, 0.25) is 0 Å². The highest BCUT2D eigenvalue weighted by atomic mass is 35.5. The molecule has 7 heteroatoms. The van der Waals surface area contributed by atoms with Crippen LogP contribution in [-0.2, 0) is 12.8 Å². The summed E-state index contributed by atoms with van der Waals surface area (Å²) in [6, 6.07) is 17.0. The van der Waals surface area contributed by atoms with Crippen LogP contribution in [0.15, 0.2) is 54.6 Å². The van der Waals surface area contributed by atoms with Gasteiger partial charge in [-0.3, -0.25) is 0 Å². The van der Waals surface area contributed by atoms with Crippen molar-refractivity contribution in [2.45, 2.75) is 31.2 Å². The van der Waals surface area contributed by atoms with Crippen LogP contribution < -0.4 is 10.6 Å². The number of amides is 2. The minimum Gasteiger partial charge on any atom is -0.506 e. The number of phenols is 1. The Balaban J connectivity index is 1.45. The van der Waals surface area contributed by atoms with Crippen molar-refractivity contribution in [3.63, 3.8) is 0 Å². The molecule has 1 aliphatic heterocycles. The lowest BCUT2D eigenvalue weighted by Gasteiger charge is -2.38. The van der Waals surface area contributed by atoms with Gasteiger partial charge in [-0.25, -0.2) is 4.79 Å². The highest BCUT2D eigenvalue weighted by Gasteiger charge is 2.37. The molecule has 0 fully saturated rings. The number of para-hydroxylation sites is 1. The predicted octanol–water partition coefficient (Wildman–Crippen LogP) is 6.28. The van der Waals surface area contributed by atoms with E-state index in [0.717, 1.165) is 37.1 Å². The smallest absolute Gasteiger partial charge is 0.323 e. The number of aromatic hydroxyl groups is 1. The van der Waals surface area contributed by atoms with E-state index in [1.165, 1.54) is 16.7 Å². The summed E-state index contributed by atoms with van der Waals surface area (Å²) in [5, 5.41) is 16.9. The third kappa shape index (κ3) is 4.29. The number of urea groups is 1. The maximum atomic E-state index is 12.5. The number of rotatable bonds is 2. The summed E-state index contributed by atoms with van der Waals surface area (Å²) in [6.45, 7) is 0.951. The Morgan fingerprint density at radius 3 is 2.58 bits per heavy atom. The van der Waals surface area contributed by atoms with Crippen LogP contribution in [0, 0.1) is 0 Å². The summed E-state index contributed by atoms with van der Waals surface area (Å²) >= 11 is 12.4. The second-order valence-corrected chi connectivity index (χ2v) is 9.60. The molecule has 3 aromatic carbocycles. The minimum atomic E-state index is -0.337. The topological polar surface area (TPSA) is 64.6 Å². The first-order valence-electron chi connectivity index (χ1n) is 11.1. The van der Waals surface area contributed by atoms with Gasteiger partial charge in [-0.1, -0.05) is 41.4 Å². The Labute approximate surface area is 203 Å². The van der Waals surface area contributed by atoms with E-state index in [2.05, 4.69) is 34.7 Å². The molecule has 0 saturated heterocycles. The van der Waals surface area contributed by atoms with Crippen molar-refractivity contribution in [2.75, 3.05) is 24.2 Å². The molecule has 0 radical (unpaired) electrons. The monoisotopic (exact) mass is 481 g/mol. The van der Waals surface area contributed by atoms with Gasteiger partial charge in [-0.05, 0) is 85.0 Å². The number of anilines is 2. The van der Waals surface area contributed by atoms with E-state index in [-0.39, 0.29) is 17.7 Å². The number of halogens is 2. The highest BCUT2D eigenvalue weighted by Crippen LogP contribution is 2.45. The van der Waals surface area contributed by atoms with Gasteiger partial charge >= 0.3 is 6.03 Å². The molecule has 5 nitrogen and oxygen atoms in total. The largest absolute Gasteiger partial charge is 0.506 e. The van der Waals surface area contributed by atoms with Crippen molar-refractivity contribution in [3.8, 4) is 5.75 Å². The zero-order valence-corrected chi connectivity index (χ0v) is 19.7. The van der Waals surface area contributed by atoms with Gasteiger partial charge in [0.05, 0.1) is 15.7 Å². The van der Waals surface area contributed by atoms with Crippen molar-refractivity contribution in [1.29, 1.82) is 0 Å². The summed E-state index contributed by atoms with van der Waals surface area (Å²) in [5.41, 5.74) is 6.07. The van der Waals surface area contributed by atoms with Gasteiger partial charge in [0, 0.05) is 24.2 Å². The Bertz CT molecular complexity index is 1230. The van der Waals surface area contributed by atoms with Crippen LogP contribution in [-0.4, -0.2) is 35.7 Å². The number of fused-ring (bicyclic) bond motifs is 5. The maximum Gasteiger partial charge on any atom is 0.323 e. The molecule has 5 rings (SSSR count). The minimum absolute atomic E-state index is 0.125. The molecule has 170 valence electrons. The summed E-state index contributed by atoms with van der Waals surface area (Å²) < 4.78 is 0. The second kappa shape index (κ2) is 8.90. The van der Waals surface area contributed by atoms with E-state index in [1.54, 1.807) is 12.1 Å². The number of carbonyl (C=O) groups excluding carboxylic acids is 1. The third-order valence-electron chi connectivity index (χ3n) is 6.80. The number of likely N-dealkylation sites (N-methyl/N-ethyl adjacent to an activating group) is 1. The second-order valence-electron chi connectivity index (χ2n) is 8.79. The normalized spacial score (nSPS) is 19.6. The van der Waals surface area contributed by atoms with Crippen LogP contribution in [0.3, 0.4) is 0 Å². The summed E-state index contributed by atoms with van der Waals surface area (Å²) in [6.07, 6.45) is 2.83. The molecule has 2 aliphatic rings. The van der Waals surface area contributed by atoms with Crippen LogP contribution >= 0.6 is 23.2 Å². The first-order valence-corrected chi connectivity index (χ1v) is 11.8. The molecular formula is C26H25Cl2N3O2. The number of hydrogen-bond acceptors (Lipinski definition) is 3. The molecule has 3 aromatic rings. The number of nitrogens with zero attached hydrogens (tertiary/aromatic N) is 1. The van der Waals surface area contributed by atoms with Crippen molar-refractivity contribution >= 4 is 40.6 Å². The molecule has 2 amide bonds. The zero-order valence-electron chi connectivity index (χ0n) is 18.2. The van der Waals surface area contributed by atoms with E-state index in [9.17, 15) is 9.90 Å². The molecule has 33 heavy (non-hydrogen) atoms. The Hall–Kier alpha value is -2.73. The van der Waals surface area contributed by atoms with Crippen molar-refractivity contribution < 1.29 is 9.90 Å². The SMILES string of the molecule is CN1CCc2cc(Cl)c(O)cc2C2c3ccc(NC(=O)Nc4ccccc4Cl)cc3CCC21. The standard InChI is InChI=1S/C26H25Cl2N3O2/c1-31-11-10-16-13-21(28)24(32)14-19(16)25-18-8-7-17(12-15(18)6-9-23(25)31)29-26(33)30-22-5-3-2-4-20(22)27/h2-5,7-8,12-14,23,25,32H,6,9-11H2,1H3,(H2,29,30,33). The van der Waals surface area contributed by atoms with Gasteiger partial charge in [-0.15, -0.1) is 0 Å². The maximum absolute atomic E-state index is 12.5. The molecule has 3 N–H and O–H groups in total. The number of nitrogens with one attached hydrogen (secondary N) is 2. The quantitative estimate of drug-likeness (QED) is 0.403. The summed E-state index contributed by atoms with van der Waals surface area (Å²) in [4.78, 5) is 14.9. The molecule has 1 heterocycles. The van der Waals surface area contributed by atoms with Gasteiger partial charge in [-0.2, -0.15) is 0 Å². The van der Waals surface area contributed by atoms with E-state index >= 15 is 0 Å². The number of aryl methyl sites for hydroxylation is 1. The molecule has 2 atom stereocenters. The average molecular weight is 482 g/mol. The van der Waals surface area contributed by atoms with Crippen LogP contribution in [0.25, 0.3) is 0 Å². The molecule has 0 saturated carbocycles. The molecule has 2 unspecified atom stereocenters. The lowest BCUT2D eigenvalue weighted by Crippen LogP contribution is -2.39. The van der Waals surface area contributed by atoms with Crippen LogP contribution in [0.1, 0.15) is 34.6 Å². The van der Waals surface area contributed by atoms with Gasteiger partial charge in [0.25, 0.3) is 0 Å². The Kier molecular flexibility index (Phi) is 5.95. The predicted molar refractivity (Wildman–Crippen MR) is 134 cm³/mol. The van der Waals surface area contributed by atoms with Crippen LogP contribution in [0.4, 0.5) is 16.2 Å². The average Bonchev–Trinajstić information content (AvgIpc) is 2.92. The molecule has 0 bridgehead atoms. The van der Waals surface area contributed by atoms with Gasteiger partial charge in [0.15, 0.2) is 0 Å². The van der Waals surface area contributed by atoms with E-state index in [0.29, 0.717) is 21.8 Å². The summed E-state index contributed by atoms with van der Waals surface area (Å²) in [7, 11) is 2.17. The Morgan fingerprint density at radius 2 is 1.76 bits per heavy atom. The lowest BCUT2D eigenvalue weighted by molar-refractivity contribution is 0.214. The van der Waals surface area contributed by atoms with E-state index in [4.69, 9.17) is 23.2 Å². The number of phenolic OH excluding ortho intramolecular Hbond substituents is 1. The fourth-order valence-corrected chi connectivity index (χ4v) is 5.53.